The average Bonchev–Trinajstić information content (AvgIpc) is 2.94. The van der Waals surface area contributed by atoms with Gasteiger partial charge in [-0.05, 0) is 29.7 Å². The van der Waals surface area contributed by atoms with Crippen LogP contribution >= 0.6 is 0 Å². The van der Waals surface area contributed by atoms with Crippen molar-refractivity contribution in [3.63, 3.8) is 0 Å². The number of aliphatic hydroxyl groups is 1. The van der Waals surface area contributed by atoms with Gasteiger partial charge in [0.15, 0.2) is 0 Å². The number of carbonyl (C=O) groups is 1. The van der Waals surface area contributed by atoms with Gasteiger partial charge in [-0.25, -0.2) is 0 Å². The van der Waals surface area contributed by atoms with Gasteiger partial charge in [0.1, 0.15) is 11.4 Å². The smallest absolute Gasteiger partial charge is 0.271 e. The van der Waals surface area contributed by atoms with E-state index in [-0.39, 0.29) is 18.4 Å². The van der Waals surface area contributed by atoms with Crippen molar-refractivity contribution in [1.82, 2.24) is 15.1 Å². The predicted molar refractivity (Wildman–Crippen MR) is 87.6 cm³/mol. The normalized spacial score (nSPS) is 12.3. The van der Waals surface area contributed by atoms with Gasteiger partial charge in [-0.15, -0.1) is 0 Å². The highest BCUT2D eigenvalue weighted by atomic mass is 16.5. The fraction of sp³-hybridized carbons (Fsp3) is 0.412. The van der Waals surface area contributed by atoms with Crippen LogP contribution in [0.15, 0.2) is 30.3 Å². The molecule has 0 spiro atoms. The summed E-state index contributed by atoms with van der Waals surface area (Å²) in [5, 5.41) is 17.1. The summed E-state index contributed by atoms with van der Waals surface area (Å²) in [5.41, 5.74) is 2.03. The summed E-state index contributed by atoms with van der Waals surface area (Å²) >= 11 is 0. The summed E-state index contributed by atoms with van der Waals surface area (Å²) in [6, 6.07) is 8.91. The molecule has 1 amide bonds. The molecule has 1 aromatic heterocycles. The van der Waals surface area contributed by atoms with Gasteiger partial charge in [0.25, 0.3) is 5.91 Å². The van der Waals surface area contributed by atoms with Crippen LogP contribution in [0.1, 0.15) is 47.6 Å². The standard InChI is InChI=1S/C17H23N3O3/c1-11(2)15-9-14(19-20(15)3)17(22)18-10-16(21)12-6-5-7-13(8-12)23-4/h5-9,11,16,21H,10H2,1-4H3,(H,18,22). The molecule has 0 radical (unpaired) electrons. The molecule has 124 valence electrons. The first kappa shape index (κ1) is 17.0. The molecule has 2 aromatic rings. The summed E-state index contributed by atoms with van der Waals surface area (Å²) in [6.45, 7) is 4.20. The number of aromatic nitrogens is 2. The minimum atomic E-state index is -0.803. The van der Waals surface area contributed by atoms with Crippen molar-refractivity contribution in [3.8, 4) is 5.75 Å². The Morgan fingerprint density at radius 3 is 2.74 bits per heavy atom. The average molecular weight is 317 g/mol. The maximum Gasteiger partial charge on any atom is 0.271 e. The Kier molecular flexibility index (Phi) is 5.39. The maximum absolute atomic E-state index is 12.2. The Labute approximate surface area is 136 Å². The van der Waals surface area contributed by atoms with Crippen LogP contribution in [0.5, 0.6) is 5.75 Å². The van der Waals surface area contributed by atoms with E-state index in [1.807, 2.05) is 20.9 Å². The zero-order valence-electron chi connectivity index (χ0n) is 13.9. The molecular weight excluding hydrogens is 294 g/mol. The first-order valence-electron chi connectivity index (χ1n) is 7.56. The summed E-state index contributed by atoms with van der Waals surface area (Å²) in [7, 11) is 3.39. The van der Waals surface area contributed by atoms with E-state index in [1.54, 1.807) is 42.1 Å². The van der Waals surface area contributed by atoms with Crippen LogP contribution < -0.4 is 10.1 Å². The molecule has 1 heterocycles. The van der Waals surface area contributed by atoms with E-state index < -0.39 is 6.10 Å². The lowest BCUT2D eigenvalue weighted by Gasteiger charge is -2.12. The molecule has 0 aliphatic heterocycles. The number of carbonyl (C=O) groups excluding carboxylic acids is 1. The van der Waals surface area contributed by atoms with Crippen LogP contribution in [0.25, 0.3) is 0 Å². The predicted octanol–water partition coefficient (Wildman–Crippen LogP) is 2.02. The molecule has 2 rings (SSSR count). The molecule has 0 aliphatic rings. The molecule has 1 unspecified atom stereocenters. The third-order valence-electron chi connectivity index (χ3n) is 3.67. The fourth-order valence-corrected chi connectivity index (χ4v) is 2.38. The minimum absolute atomic E-state index is 0.111. The quantitative estimate of drug-likeness (QED) is 0.854. The largest absolute Gasteiger partial charge is 0.497 e. The van der Waals surface area contributed by atoms with E-state index in [0.717, 1.165) is 5.69 Å². The maximum atomic E-state index is 12.2. The molecule has 1 atom stereocenters. The van der Waals surface area contributed by atoms with Crippen LogP contribution in [-0.2, 0) is 7.05 Å². The van der Waals surface area contributed by atoms with Crippen molar-refractivity contribution in [1.29, 1.82) is 0 Å². The summed E-state index contributed by atoms with van der Waals surface area (Å²) in [4.78, 5) is 12.2. The number of ether oxygens (including phenoxy) is 1. The van der Waals surface area contributed by atoms with Crippen molar-refractivity contribution in [2.24, 2.45) is 7.05 Å². The molecular formula is C17H23N3O3. The number of hydrogen-bond donors (Lipinski definition) is 2. The SMILES string of the molecule is COc1cccc(C(O)CNC(=O)c2cc(C(C)C)n(C)n2)c1. The van der Waals surface area contributed by atoms with Crippen LogP contribution in [0.2, 0.25) is 0 Å². The van der Waals surface area contributed by atoms with Crippen molar-refractivity contribution >= 4 is 5.91 Å². The van der Waals surface area contributed by atoms with Crippen LogP contribution in [0.4, 0.5) is 0 Å². The van der Waals surface area contributed by atoms with Crippen LogP contribution in [0.3, 0.4) is 0 Å². The molecule has 2 N–H and O–H groups in total. The van der Waals surface area contributed by atoms with Gasteiger partial charge in [0, 0.05) is 19.3 Å². The van der Waals surface area contributed by atoms with Gasteiger partial charge in [0.2, 0.25) is 0 Å². The van der Waals surface area contributed by atoms with Crippen molar-refractivity contribution in [2.75, 3.05) is 13.7 Å². The van der Waals surface area contributed by atoms with E-state index in [0.29, 0.717) is 17.0 Å². The third kappa shape index (κ3) is 4.10. The highest BCUT2D eigenvalue weighted by Gasteiger charge is 2.16. The van der Waals surface area contributed by atoms with Crippen LogP contribution in [-0.4, -0.2) is 34.4 Å². The number of aryl methyl sites for hydroxylation is 1. The number of methoxy groups -OCH3 is 1. The zero-order valence-corrected chi connectivity index (χ0v) is 13.9. The summed E-state index contributed by atoms with van der Waals surface area (Å²) < 4.78 is 6.83. The highest BCUT2D eigenvalue weighted by molar-refractivity contribution is 5.92. The molecule has 0 bridgehead atoms. The topological polar surface area (TPSA) is 76.4 Å². The number of nitrogens with one attached hydrogen (secondary N) is 1. The van der Waals surface area contributed by atoms with Gasteiger partial charge < -0.3 is 15.2 Å². The van der Waals surface area contributed by atoms with E-state index in [9.17, 15) is 9.90 Å². The Bertz CT molecular complexity index is 679. The number of benzene rings is 1. The Hall–Kier alpha value is -2.34. The second-order valence-corrected chi connectivity index (χ2v) is 5.74. The van der Waals surface area contributed by atoms with Gasteiger partial charge in [0.05, 0.1) is 13.2 Å². The monoisotopic (exact) mass is 317 g/mol. The Morgan fingerprint density at radius 2 is 2.13 bits per heavy atom. The van der Waals surface area contributed by atoms with Gasteiger partial charge in [-0.1, -0.05) is 26.0 Å². The third-order valence-corrected chi connectivity index (χ3v) is 3.67. The van der Waals surface area contributed by atoms with E-state index >= 15 is 0 Å². The van der Waals surface area contributed by atoms with E-state index in [1.165, 1.54) is 0 Å². The highest BCUT2D eigenvalue weighted by Crippen LogP contribution is 2.19. The summed E-state index contributed by atoms with van der Waals surface area (Å²) in [5.74, 6) is 0.657. The second kappa shape index (κ2) is 7.28. The lowest BCUT2D eigenvalue weighted by atomic mass is 10.1. The Balaban J connectivity index is 1.99. The number of aliphatic hydroxyl groups excluding tert-OH is 1. The second-order valence-electron chi connectivity index (χ2n) is 5.74. The fourth-order valence-electron chi connectivity index (χ4n) is 2.38. The molecule has 0 saturated heterocycles. The van der Waals surface area contributed by atoms with Gasteiger partial charge >= 0.3 is 0 Å². The number of amides is 1. The number of hydrogen-bond acceptors (Lipinski definition) is 4. The number of nitrogens with zero attached hydrogens (tertiary/aromatic N) is 2. The molecule has 0 aliphatic carbocycles. The molecule has 1 aromatic carbocycles. The molecule has 0 saturated carbocycles. The lowest BCUT2D eigenvalue weighted by Crippen LogP contribution is -2.28. The van der Waals surface area contributed by atoms with Crippen molar-refractivity contribution in [3.05, 3.63) is 47.3 Å². The first-order chi connectivity index (χ1) is 10.9. The molecule has 6 heteroatoms. The number of rotatable bonds is 6. The van der Waals surface area contributed by atoms with E-state index in [4.69, 9.17) is 4.74 Å². The molecule has 0 fully saturated rings. The van der Waals surface area contributed by atoms with Crippen molar-refractivity contribution in [2.45, 2.75) is 25.9 Å². The molecule has 23 heavy (non-hydrogen) atoms. The zero-order chi connectivity index (χ0) is 17.0. The molecule has 6 nitrogen and oxygen atoms in total. The Morgan fingerprint density at radius 1 is 1.39 bits per heavy atom. The minimum Gasteiger partial charge on any atom is -0.497 e. The van der Waals surface area contributed by atoms with Crippen molar-refractivity contribution < 1.29 is 14.6 Å². The van der Waals surface area contributed by atoms with Crippen LogP contribution in [0, 0.1) is 0 Å². The first-order valence-corrected chi connectivity index (χ1v) is 7.56. The van der Waals surface area contributed by atoms with Gasteiger partial charge in [-0.2, -0.15) is 5.10 Å². The summed E-state index contributed by atoms with van der Waals surface area (Å²) in [6.07, 6.45) is -0.803. The lowest BCUT2D eigenvalue weighted by molar-refractivity contribution is 0.0910. The van der Waals surface area contributed by atoms with Gasteiger partial charge in [-0.3, -0.25) is 9.48 Å². The van der Waals surface area contributed by atoms with E-state index in [2.05, 4.69) is 10.4 Å².